The van der Waals surface area contributed by atoms with E-state index in [0.717, 1.165) is 16.4 Å². The Morgan fingerprint density at radius 3 is 2.66 bits per heavy atom. The standard InChI is InChI=1S/C21H22N6O2/c1-14(2)18(12-26-19-10-6-5-9-17(19)24-25-26)23-20(28)13-27-21(29)16-8-4-3-7-15(16)11-22-27/h3-11,14,18H,12-13H2,1-2H3,(H,23,28)/t18-/m1/s1. The molecule has 0 aliphatic heterocycles. The van der Waals surface area contributed by atoms with Gasteiger partial charge in [-0.3, -0.25) is 9.59 Å². The lowest BCUT2D eigenvalue weighted by molar-refractivity contribution is -0.123. The van der Waals surface area contributed by atoms with Crippen LogP contribution in [0.2, 0.25) is 0 Å². The van der Waals surface area contributed by atoms with Gasteiger partial charge < -0.3 is 5.32 Å². The molecule has 0 bridgehead atoms. The molecule has 2 aromatic heterocycles. The number of carbonyl (C=O) groups is 1. The van der Waals surface area contributed by atoms with Crippen molar-refractivity contribution in [2.24, 2.45) is 5.92 Å². The van der Waals surface area contributed by atoms with Gasteiger partial charge in [0.1, 0.15) is 12.1 Å². The second-order valence-electron chi connectivity index (χ2n) is 7.37. The fourth-order valence-corrected chi connectivity index (χ4v) is 3.29. The van der Waals surface area contributed by atoms with Crippen molar-refractivity contribution in [2.45, 2.75) is 33.0 Å². The van der Waals surface area contributed by atoms with Crippen LogP contribution in [-0.2, 0) is 17.9 Å². The lowest BCUT2D eigenvalue weighted by atomic mass is 10.0. The molecular formula is C21H22N6O2. The van der Waals surface area contributed by atoms with Crippen LogP contribution < -0.4 is 10.9 Å². The van der Waals surface area contributed by atoms with Gasteiger partial charge in [-0.2, -0.15) is 5.10 Å². The number of para-hydroxylation sites is 1. The molecule has 148 valence electrons. The molecule has 2 heterocycles. The summed E-state index contributed by atoms with van der Waals surface area (Å²) in [5.41, 5.74) is 1.45. The molecule has 8 nitrogen and oxygen atoms in total. The molecule has 0 spiro atoms. The number of hydrogen-bond donors (Lipinski definition) is 1. The Hall–Kier alpha value is -3.55. The molecule has 29 heavy (non-hydrogen) atoms. The summed E-state index contributed by atoms with van der Waals surface area (Å²) in [4.78, 5) is 25.2. The molecule has 0 radical (unpaired) electrons. The van der Waals surface area contributed by atoms with Crippen LogP contribution >= 0.6 is 0 Å². The Morgan fingerprint density at radius 1 is 1.07 bits per heavy atom. The van der Waals surface area contributed by atoms with Gasteiger partial charge in [-0.1, -0.05) is 49.4 Å². The van der Waals surface area contributed by atoms with Crippen molar-refractivity contribution in [3.63, 3.8) is 0 Å². The SMILES string of the molecule is CC(C)[C@@H](Cn1nnc2ccccc21)NC(=O)Cn1ncc2ccccc2c1=O. The van der Waals surface area contributed by atoms with E-state index in [0.29, 0.717) is 11.9 Å². The molecule has 0 saturated heterocycles. The number of carbonyl (C=O) groups excluding carboxylic acids is 1. The molecule has 1 amide bonds. The zero-order valence-corrected chi connectivity index (χ0v) is 16.3. The van der Waals surface area contributed by atoms with Crippen molar-refractivity contribution >= 4 is 27.7 Å². The lowest BCUT2D eigenvalue weighted by Crippen LogP contribution is -2.44. The second kappa shape index (κ2) is 7.83. The van der Waals surface area contributed by atoms with Crippen LogP contribution in [0.25, 0.3) is 21.8 Å². The molecule has 0 fully saturated rings. The van der Waals surface area contributed by atoms with Crippen molar-refractivity contribution in [3.05, 3.63) is 65.1 Å². The molecule has 8 heteroatoms. The lowest BCUT2D eigenvalue weighted by Gasteiger charge is -2.22. The van der Waals surface area contributed by atoms with E-state index in [1.165, 1.54) is 4.68 Å². The molecule has 4 aromatic rings. The number of amides is 1. The molecule has 0 unspecified atom stereocenters. The van der Waals surface area contributed by atoms with E-state index in [-0.39, 0.29) is 30.0 Å². The molecule has 1 N–H and O–H groups in total. The minimum Gasteiger partial charge on any atom is -0.350 e. The van der Waals surface area contributed by atoms with E-state index in [4.69, 9.17) is 0 Å². The van der Waals surface area contributed by atoms with Gasteiger partial charge in [-0.15, -0.1) is 5.10 Å². The van der Waals surface area contributed by atoms with Crippen LogP contribution in [0.4, 0.5) is 0 Å². The van der Waals surface area contributed by atoms with Gasteiger partial charge in [0.2, 0.25) is 5.91 Å². The van der Waals surface area contributed by atoms with Crippen LogP contribution in [-0.4, -0.2) is 36.7 Å². The Kier molecular flexibility index (Phi) is 5.07. The average molecular weight is 390 g/mol. The van der Waals surface area contributed by atoms with Gasteiger partial charge in [0.15, 0.2) is 0 Å². The van der Waals surface area contributed by atoms with Gasteiger partial charge in [0, 0.05) is 5.39 Å². The third-order valence-corrected chi connectivity index (χ3v) is 5.00. The monoisotopic (exact) mass is 390 g/mol. The van der Waals surface area contributed by atoms with Crippen LogP contribution in [0.3, 0.4) is 0 Å². The van der Waals surface area contributed by atoms with E-state index in [9.17, 15) is 9.59 Å². The maximum atomic E-state index is 12.7. The summed E-state index contributed by atoms with van der Waals surface area (Å²) in [6.45, 7) is 4.42. The summed E-state index contributed by atoms with van der Waals surface area (Å²) in [5.74, 6) is -0.0961. The number of rotatable bonds is 6. The van der Waals surface area contributed by atoms with Crippen molar-refractivity contribution < 1.29 is 4.79 Å². The Bertz CT molecular complexity index is 1230. The number of aromatic nitrogens is 5. The molecular weight excluding hydrogens is 368 g/mol. The number of fused-ring (bicyclic) bond motifs is 2. The largest absolute Gasteiger partial charge is 0.350 e. The Balaban J connectivity index is 1.51. The first-order chi connectivity index (χ1) is 14.0. The summed E-state index contributed by atoms with van der Waals surface area (Å²) in [5, 5.41) is 16.8. The summed E-state index contributed by atoms with van der Waals surface area (Å²) in [6.07, 6.45) is 1.60. The Labute approximate surface area is 167 Å². The molecule has 2 aromatic carbocycles. The van der Waals surface area contributed by atoms with Crippen LogP contribution in [0.15, 0.2) is 59.5 Å². The molecule has 4 rings (SSSR count). The molecule has 0 aliphatic carbocycles. The van der Waals surface area contributed by atoms with Crippen molar-refractivity contribution in [1.82, 2.24) is 30.1 Å². The van der Waals surface area contributed by atoms with Crippen LogP contribution in [0, 0.1) is 5.92 Å². The fourth-order valence-electron chi connectivity index (χ4n) is 3.29. The molecule has 0 aliphatic rings. The maximum Gasteiger partial charge on any atom is 0.275 e. The predicted molar refractivity (Wildman–Crippen MR) is 110 cm³/mol. The highest BCUT2D eigenvalue weighted by atomic mass is 16.2. The first kappa shape index (κ1) is 18.8. The topological polar surface area (TPSA) is 94.7 Å². The van der Waals surface area contributed by atoms with Crippen molar-refractivity contribution in [3.8, 4) is 0 Å². The summed E-state index contributed by atoms with van der Waals surface area (Å²) < 4.78 is 2.99. The maximum absolute atomic E-state index is 12.7. The van der Waals surface area contributed by atoms with E-state index < -0.39 is 0 Å². The van der Waals surface area contributed by atoms with E-state index >= 15 is 0 Å². The van der Waals surface area contributed by atoms with Crippen LogP contribution in [0.1, 0.15) is 13.8 Å². The summed E-state index contributed by atoms with van der Waals surface area (Å²) >= 11 is 0. The Morgan fingerprint density at radius 2 is 1.83 bits per heavy atom. The van der Waals surface area contributed by atoms with E-state index in [1.54, 1.807) is 23.0 Å². The predicted octanol–water partition coefficient (Wildman–Crippen LogP) is 1.98. The number of benzene rings is 2. The van der Waals surface area contributed by atoms with Crippen molar-refractivity contribution in [2.75, 3.05) is 0 Å². The first-order valence-electron chi connectivity index (χ1n) is 9.55. The zero-order valence-electron chi connectivity index (χ0n) is 16.3. The van der Waals surface area contributed by atoms with Gasteiger partial charge in [0.25, 0.3) is 5.56 Å². The van der Waals surface area contributed by atoms with Gasteiger partial charge in [-0.25, -0.2) is 9.36 Å². The first-order valence-corrected chi connectivity index (χ1v) is 9.55. The molecule has 0 saturated carbocycles. The fraction of sp³-hybridized carbons (Fsp3) is 0.286. The van der Waals surface area contributed by atoms with Gasteiger partial charge in [0.05, 0.1) is 29.7 Å². The van der Waals surface area contributed by atoms with Gasteiger partial charge >= 0.3 is 0 Å². The summed E-state index contributed by atoms with van der Waals surface area (Å²) in [7, 11) is 0. The van der Waals surface area contributed by atoms with Crippen LogP contribution in [0.5, 0.6) is 0 Å². The summed E-state index contributed by atoms with van der Waals surface area (Å²) in [6, 6.07) is 14.7. The quantitative estimate of drug-likeness (QED) is 0.543. The highest BCUT2D eigenvalue weighted by Crippen LogP contribution is 2.13. The minimum absolute atomic E-state index is 0.134. The van der Waals surface area contributed by atoms with E-state index in [2.05, 4.69) is 20.7 Å². The number of hydrogen-bond acceptors (Lipinski definition) is 5. The minimum atomic E-state index is -0.276. The highest BCUT2D eigenvalue weighted by Gasteiger charge is 2.19. The third-order valence-electron chi connectivity index (χ3n) is 5.00. The molecule has 1 atom stereocenters. The smallest absolute Gasteiger partial charge is 0.275 e. The number of nitrogens with zero attached hydrogens (tertiary/aromatic N) is 5. The normalized spacial score (nSPS) is 12.5. The second-order valence-corrected chi connectivity index (χ2v) is 7.37. The van der Waals surface area contributed by atoms with Crippen molar-refractivity contribution in [1.29, 1.82) is 0 Å². The number of nitrogens with one attached hydrogen (secondary N) is 1. The third kappa shape index (κ3) is 3.87. The highest BCUT2D eigenvalue weighted by molar-refractivity contribution is 5.81. The van der Waals surface area contributed by atoms with E-state index in [1.807, 2.05) is 50.2 Å². The average Bonchev–Trinajstić information content (AvgIpc) is 3.13. The van der Waals surface area contributed by atoms with Gasteiger partial charge in [-0.05, 0) is 24.1 Å². The zero-order chi connectivity index (χ0) is 20.4.